The van der Waals surface area contributed by atoms with Gasteiger partial charge in [0.15, 0.2) is 0 Å². The standard InChI is InChI=1S/C10H10ClNO/c1-2-6-7-4-3-5-8(11)9(7)12-10(6)13/h3-6H,2H2,1H3,(H,12,13). The Balaban J connectivity index is 2.54. The molecular weight excluding hydrogens is 186 g/mol. The first-order valence-corrected chi connectivity index (χ1v) is 4.71. The van der Waals surface area contributed by atoms with Crippen LogP contribution in [-0.4, -0.2) is 5.91 Å². The van der Waals surface area contributed by atoms with E-state index in [1.165, 1.54) is 0 Å². The summed E-state index contributed by atoms with van der Waals surface area (Å²) in [4.78, 5) is 11.4. The predicted molar refractivity (Wildman–Crippen MR) is 53.1 cm³/mol. The van der Waals surface area contributed by atoms with Crippen molar-refractivity contribution in [3.8, 4) is 0 Å². The first-order chi connectivity index (χ1) is 6.24. The van der Waals surface area contributed by atoms with Crippen molar-refractivity contribution >= 4 is 23.2 Å². The van der Waals surface area contributed by atoms with E-state index in [-0.39, 0.29) is 11.8 Å². The lowest BCUT2D eigenvalue weighted by Crippen LogP contribution is -2.10. The number of hydrogen-bond donors (Lipinski definition) is 1. The molecule has 68 valence electrons. The van der Waals surface area contributed by atoms with Crippen LogP contribution < -0.4 is 5.32 Å². The summed E-state index contributed by atoms with van der Waals surface area (Å²) in [6.45, 7) is 2.00. The number of anilines is 1. The van der Waals surface area contributed by atoms with Crippen molar-refractivity contribution in [1.82, 2.24) is 0 Å². The average molecular weight is 196 g/mol. The number of hydrogen-bond acceptors (Lipinski definition) is 1. The number of nitrogens with one attached hydrogen (secondary N) is 1. The van der Waals surface area contributed by atoms with Crippen molar-refractivity contribution in [3.05, 3.63) is 28.8 Å². The molecule has 0 saturated carbocycles. The third-order valence-corrected chi connectivity index (χ3v) is 2.71. The van der Waals surface area contributed by atoms with E-state index in [0.29, 0.717) is 5.02 Å². The molecule has 0 aromatic heterocycles. The van der Waals surface area contributed by atoms with Crippen LogP contribution in [0.1, 0.15) is 24.8 Å². The van der Waals surface area contributed by atoms with Crippen LogP contribution in [0.25, 0.3) is 0 Å². The quantitative estimate of drug-likeness (QED) is 0.734. The second-order valence-corrected chi connectivity index (χ2v) is 3.56. The summed E-state index contributed by atoms with van der Waals surface area (Å²) >= 11 is 5.94. The van der Waals surface area contributed by atoms with Crippen LogP contribution in [0.5, 0.6) is 0 Å². The molecular formula is C10H10ClNO. The second-order valence-electron chi connectivity index (χ2n) is 3.15. The largest absolute Gasteiger partial charge is 0.324 e. The van der Waals surface area contributed by atoms with E-state index in [4.69, 9.17) is 11.6 Å². The van der Waals surface area contributed by atoms with Crippen LogP contribution in [0, 0.1) is 0 Å². The zero-order valence-corrected chi connectivity index (χ0v) is 8.06. The molecule has 0 fully saturated rings. The summed E-state index contributed by atoms with van der Waals surface area (Å²) in [7, 11) is 0. The van der Waals surface area contributed by atoms with Crippen molar-refractivity contribution in [1.29, 1.82) is 0 Å². The van der Waals surface area contributed by atoms with E-state index >= 15 is 0 Å². The normalized spacial score (nSPS) is 19.8. The molecule has 0 bridgehead atoms. The van der Waals surface area contributed by atoms with Gasteiger partial charge in [-0.15, -0.1) is 0 Å². The van der Waals surface area contributed by atoms with Gasteiger partial charge in [-0.05, 0) is 18.1 Å². The van der Waals surface area contributed by atoms with Crippen molar-refractivity contribution in [2.75, 3.05) is 5.32 Å². The predicted octanol–water partition coefficient (Wildman–Crippen LogP) is 2.79. The molecule has 0 spiro atoms. The lowest BCUT2D eigenvalue weighted by Gasteiger charge is -2.03. The molecule has 1 amide bonds. The van der Waals surface area contributed by atoms with E-state index in [2.05, 4.69) is 5.32 Å². The molecule has 2 rings (SSSR count). The third-order valence-electron chi connectivity index (χ3n) is 2.39. The molecule has 0 aliphatic carbocycles. The van der Waals surface area contributed by atoms with Gasteiger partial charge in [-0.25, -0.2) is 0 Å². The number of fused-ring (bicyclic) bond motifs is 1. The number of rotatable bonds is 1. The minimum absolute atomic E-state index is 0.0197. The summed E-state index contributed by atoms with van der Waals surface area (Å²) < 4.78 is 0. The van der Waals surface area contributed by atoms with E-state index in [9.17, 15) is 4.79 Å². The van der Waals surface area contributed by atoms with Crippen LogP contribution in [-0.2, 0) is 4.79 Å². The second kappa shape index (κ2) is 3.04. The van der Waals surface area contributed by atoms with E-state index in [1.807, 2.05) is 19.1 Å². The number of carbonyl (C=O) groups excluding carboxylic acids is 1. The molecule has 1 aromatic rings. The van der Waals surface area contributed by atoms with Gasteiger partial charge in [0.1, 0.15) is 0 Å². The Morgan fingerprint density at radius 2 is 2.31 bits per heavy atom. The number of carbonyl (C=O) groups is 1. The minimum Gasteiger partial charge on any atom is -0.324 e. The lowest BCUT2D eigenvalue weighted by atomic mass is 9.98. The van der Waals surface area contributed by atoms with Crippen LogP contribution in [0.3, 0.4) is 0 Å². The van der Waals surface area contributed by atoms with Crippen LogP contribution in [0.15, 0.2) is 18.2 Å². The SMILES string of the molecule is CCC1C(=O)Nc2c(Cl)cccc21. The Morgan fingerprint density at radius 1 is 1.54 bits per heavy atom. The monoisotopic (exact) mass is 195 g/mol. The summed E-state index contributed by atoms with van der Waals surface area (Å²) in [6.07, 6.45) is 0.819. The van der Waals surface area contributed by atoms with Gasteiger partial charge >= 0.3 is 0 Å². The molecule has 3 heteroatoms. The number of para-hydroxylation sites is 1. The Labute approximate surface area is 81.9 Å². The zero-order valence-electron chi connectivity index (χ0n) is 7.30. The molecule has 0 radical (unpaired) electrons. The lowest BCUT2D eigenvalue weighted by molar-refractivity contribution is -0.117. The topological polar surface area (TPSA) is 29.1 Å². The van der Waals surface area contributed by atoms with Crippen LogP contribution in [0.2, 0.25) is 5.02 Å². The molecule has 1 atom stereocenters. The van der Waals surface area contributed by atoms with Gasteiger partial charge in [0.25, 0.3) is 0 Å². The van der Waals surface area contributed by atoms with Gasteiger partial charge < -0.3 is 5.32 Å². The number of benzene rings is 1. The molecule has 1 aliphatic heterocycles. The zero-order chi connectivity index (χ0) is 9.42. The van der Waals surface area contributed by atoms with E-state index < -0.39 is 0 Å². The summed E-state index contributed by atoms with van der Waals surface area (Å²) in [5.74, 6) is 0.0410. The van der Waals surface area contributed by atoms with Gasteiger partial charge in [-0.1, -0.05) is 30.7 Å². The van der Waals surface area contributed by atoms with Gasteiger partial charge in [-0.2, -0.15) is 0 Å². The fourth-order valence-corrected chi connectivity index (χ4v) is 1.95. The molecule has 2 nitrogen and oxygen atoms in total. The Bertz CT molecular complexity index is 362. The molecule has 1 unspecified atom stereocenters. The highest BCUT2D eigenvalue weighted by Crippen LogP contribution is 2.38. The highest BCUT2D eigenvalue weighted by Gasteiger charge is 2.29. The molecule has 0 saturated heterocycles. The Morgan fingerprint density at radius 3 is 3.00 bits per heavy atom. The van der Waals surface area contributed by atoms with Gasteiger partial charge in [-0.3, -0.25) is 4.79 Å². The Kier molecular flexibility index (Phi) is 2.00. The number of amides is 1. The summed E-state index contributed by atoms with van der Waals surface area (Å²) in [5.41, 5.74) is 1.82. The van der Waals surface area contributed by atoms with E-state index in [1.54, 1.807) is 6.07 Å². The minimum atomic E-state index is -0.0197. The average Bonchev–Trinajstić information content (AvgIpc) is 2.43. The summed E-state index contributed by atoms with van der Waals surface area (Å²) in [6, 6.07) is 5.62. The maximum absolute atomic E-state index is 11.4. The Hall–Kier alpha value is -1.02. The maximum Gasteiger partial charge on any atom is 0.232 e. The van der Waals surface area contributed by atoms with Crippen molar-refractivity contribution < 1.29 is 4.79 Å². The smallest absolute Gasteiger partial charge is 0.232 e. The van der Waals surface area contributed by atoms with E-state index in [0.717, 1.165) is 17.7 Å². The third kappa shape index (κ3) is 1.22. The van der Waals surface area contributed by atoms with Crippen molar-refractivity contribution in [2.45, 2.75) is 19.3 Å². The molecule has 13 heavy (non-hydrogen) atoms. The molecule has 1 N–H and O–H groups in total. The fourth-order valence-electron chi connectivity index (χ4n) is 1.72. The van der Waals surface area contributed by atoms with Crippen LogP contribution in [0.4, 0.5) is 5.69 Å². The fraction of sp³-hybridized carbons (Fsp3) is 0.300. The van der Waals surface area contributed by atoms with Crippen molar-refractivity contribution in [3.63, 3.8) is 0 Å². The first kappa shape index (κ1) is 8.57. The highest BCUT2D eigenvalue weighted by molar-refractivity contribution is 6.34. The van der Waals surface area contributed by atoms with Crippen molar-refractivity contribution in [2.24, 2.45) is 0 Å². The highest BCUT2D eigenvalue weighted by atomic mass is 35.5. The van der Waals surface area contributed by atoms with Gasteiger partial charge in [0.2, 0.25) is 5.91 Å². The van der Waals surface area contributed by atoms with Gasteiger partial charge in [0.05, 0.1) is 16.6 Å². The maximum atomic E-state index is 11.4. The molecule has 1 aromatic carbocycles. The molecule has 1 aliphatic rings. The van der Waals surface area contributed by atoms with Crippen LogP contribution >= 0.6 is 11.6 Å². The summed E-state index contributed by atoms with van der Waals surface area (Å²) in [5, 5.41) is 3.42. The number of halogens is 1. The first-order valence-electron chi connectivity index (χ1n) is 4.33. The van der Waals surface area contributed by atoms with Gasteiger partial charge in [0, 0.05) is 0 Å². The molecule has 1 heterocycles.